The maximum absolute atomic E-state index is 13.1. The van der Waals surface area contributed by atoms with E-state index in [4.69, 9.17) is 18.9 Å². The molecule has 12 heteroatoms. The molecule has 1 saturated heterocycles. The first-order chi connectivity index (χ1) is 19.9. The summed E-state index contributed by atoms with van der Waals surface area (Å²) in [5.74, 6) is -2.26. The number of rotatable bonds is 8. The molecule has 3 aromatic carbocycles. The van der Waals surface area contributed by atoms with Crippen molar-refractivity contribution in [2.75, 3.05) is 6.61 Å². The molecular formula is C29H23N3O9. The molecule has 4 aromatic rings. The molecule has 1 aromatic heterocycles. The smallest absolute Gasteiger partial charge is 0.347 e. The van der Waals surface area contributed by atoms with Crippen molar-refractivity contribution in [3.05, 3.63) is 135 Å². The first-order valence-corrected chi connectivity index (χ1v) is 12.5. The van der Waals surface area contributed by atoms with Crippen LogP contribution in [0.1, 0.15) is 37.3 Å². The minimum Gasteiger partial charge on any atom is -0.459 e. The van der Waals surface area contributed by atoms with E-state index in [1.807, 2.05) is 0 Å². The van der Waals surface area contributed by atoms with Crippen molar-refractivity contribution in [3.63, 3.8) is 0 Å². The number of nitrogens with zero attached hydrogens (tertiary/aromatic N) is 2. The Hall–Kier alpha value is -5.36. The zero-order valence-electron chi connectivity index (χ0n) is 21.3. The second-order valence-electron chi connectivity index (χ2n) is 8.89. The number of carbonyl (C=O) groups excluding carboxylic acids is 3. The van der Waals surface area contributed by atoms with Gasteiger partial charge in [-0.05, 0) is 36.4 Å². The minimum atomic E-state index is -1.46. The predicted octanol–water partition coefficient (Wildman–Crippen LogP) is 2.14. The van der Waals surface area contributed by atoms with Crippen LogP contribution in [0.25, 0.3) is 0 Å². The topological polar surface area (TPSA) is 156 Å². The van der Waals surface area contributed by atoms with E-state index in [2.05, 4.69) is 10.1 Å². The Balaban J connectivity index is 1.50. The van der Waals surface area contributed by atoms with Gasteiger partial charge in [0.1, 0.15) is 18.9 Å². The van der Waals surface area contributed by atoms with Crippen molar-refractivity contribution in [2.45, 2.75) is 24.5 Å². The number of esters is 3. The summed E-state index contributed by atoms with van der Waals surface area (Å²) >= 11 is 0. The number of hydrogen-bond donors (Lipinski definition) is 1. The highest BCUT2D eigenvalue weighted by atomic mass is 16.7. The first kappa shape index (κ1) is 27.2. The van der Waals surface area contributed by atoms with Gasteiger partial charge in [0.15, 0.2) is 18.4 Å². The highest BCUT2D eigenvalue weighted by Crippen LogP contribution is 2.34. The van der Waals surface area contributed by atoms with Crippen molar-refractivity contribution in [1.82, 2.24) is 14.8 Å². The van der Waals surface area contributed by atoms with Crippen molar-refractivity contribution >= 4 is 17.9 Å². The number of nitrogens with one attached hydrogen (secondary N) is 1. The van der Waals surface area contributed by atoms with Crippen LogP contribution in [-0.2, 0) is 18.9 Å². The van der Waals surface area contributed by atoms with E-state index >= 15 is 0 Å². The maximum atomic E-state index is 13.1. The van der Waals surface area contributed by atoms with Gasteiger partial charge in [-0.15, -0.1) is 0 Å². The van der Waals surface area contributed by atoms with E-state index in [-0.39, 0.29) is 16.7 Å². The summed E-state index contributed by atoms with van der Waals surface area (Å²) in [7, 11) is 0. The summed E-state index contributed by atoms with van der Waals surface area (Å²) in [5, 5.41) is 3.83. The van der Waals surface area contributed by atoms with Crippen LogP contribution in [0.4, 0.5) is 0 Å². The molecule has 208 valence electrons. The van der Waals surface area contributed by atoms with Crippen LogP contribution in [0.3, 0.4) is 0 Å². The Morgan fingerprint density at radius 3 is 1.73 bits per heavy atom. The van der Waals surface area contributed by atoms with E-state index in [1.165, 1.54) is 24.3 Å². The molecule has 0 amide bonds. The van der Waals surface area contributed by atoms with Crippen molar-refractivity contribution < 1.29 is 33.3 Å². The third-order valence-corrected chi connectivity index (χ3v) is 6.16. The van der Waals surface area contributed by atoms with Gasteiger partial charge in [-0.25, -0.2) is 19.2 Å². The van der Waals surface area contributed by atoms with Crippen LogP contribution in [0, 0.1) is 0 Å². The summed E-state index contributed by atoms with van der Waals surface area (Å²) in [6.07, 6.45) is -4.61. The van der Waals surface area contributed by atoms with Crippen LogP contribution in [0.15, 0.2) is 107 Å². The highest BCUT2D eigenvalue weighted by molar-refractivity contribution is 5.91. The van der Waals surface area contributed by atoms with Crippen LogP contribution in [0.2, 0.25) is 0 Å². The molecule has 5 rings (SSSR count). The van der Waals surface area contributed by atoms with Gasteiger partial charge in [0, 0.05) is 0 Å². The second-order valence-corrected chi connectivity index (χ2v) is 8.89. The molecule has 41 heavy (non-hydrogen) atoms. The molecule has 1 fully saturated rings. The normalized spacial score (nSPS) is 19.7. The molecule has 0 aliphatic carbocycles. The van der Waals surface area contributed by atoms with Crippen molar-refractivity contribution in [1.29, 1.82) is 0 Å². The monoisotopic (exact) mass is 557 g/mol. The van der Waals surface area contributed by atoms with Gasteiger partial charge in [0.2, 0.25) is 0 Å². The number of benzene rings is 3. The standard InChI is InChI=1S/C29H23N3O9/c33-22-16-30-32(29(37)31-22)25-24(41-28(36)20-14-8-3-9-15-20)23(40-27(35)19-12-6-2-7-13-19)21(39-25)17-38-26(34)18-10-4-1-5-11-18/h1-16,21,23-25H,17H2,(H,31,33,37)/t21-,23?,24+,25-/m1/s1. The third-order valence-electron chi connectivity index (χ3n) is 6.16. The Morgan fingerprint density at radius 1 is 0.732 bits per heavy atom. The average Bonchev–Trinajstić information content (AvgIpc) is 3.33. The van der Waals surface area contributed by atoms with E-state index in [0.717, 1.165) is 10.9 Å². The molecule has 12 nitrogen and oxygen atoms in total. The summed E-state index contributed by atoms with van der Waals surface area (Å²) < 4.78 is 23.7. The second kappa shape index (κ2) is 12.2. The summed E-state index contributed by atoms with van der Waals surface area (Å²) in [5.41, 5.74) is -1.07. The van der Waals surface area contributed by atoms with Gasteiger partial charge in [-0.1, -0.05) is 54.6 Å². The van der Waals surface area contributed by atoms with Crippen LogP contribution < -0.4 is 11.2 Å². The lowest BCUT2D eigenvalue weighted by Gasteiger charge is -2.24. The number of aromatic nitrogens is 3. The van der Waals surface area contributed by atoms with Gasteiger partial charge in [0.25, 0.3) is 5.56 Å². The fourth-order valence-corrected chi connectivity index (χ4v) is 4.20. The highest BCUT2D eigenvalue weighted by Gasteiger charge is 2.52. The predicted molar refractivity (Wildman–Crippen MR) is 141 cm³/mol. The molecule has 0 spiro atoms. The number of H-pyrrole nitrogens is 1. The van der Waals surface area contributed by atoms with Crippen molar-refractivity contribution in [2.24, 2.45) is 0 Å². The van der Waals surface area contributed by atoms with Gasteiger partial charge in [0.05, 0.1) is 16.7 Å². The number of carbonyl (C=O) groups is 3. The Morgan fingerprint density at radius 2 is 1.22 bits per heavy atom. The number of hydrogen-bond acceptors (Lipinski definition) is 10. The van der Waals surface area contributed by atoms with Gasteiger partial charge in [-0.3, -0.25) is 9.78 Å². The number of ether oxygens (including phenoxy) is 4. The summed E-state index contributed by atoms with van der Waals surface area (Å²) in [6.45, 7) is -0.436. The molecular weight excluding hydrogens is 534 g/mol. The van der Waals surface area contributed by atoms with Gasteiger partial charge >= 0.3 is 23.6 Å². The lowest BCUT2D eigenvalue weighted by molar-refractivity contribution is -0.0699. The van der Waals surface area contributed by atoms with E-state index in [1.54, 1.807) is 66.7 Å². The Kier molecular flexibility index (Phi) is 8.11. The van der Waals surface area contributed by atoms with Crippen LogP contribution in [0.5, 0.6) is 0 Å². The van der Waals surface area contributed by atoms with E-state index in [9.17, 15) is 24.0 Å². The molecule has 2 heterocycles. The van der Waals surface area contributed by atoms with Crippen LogP contribution in [-0.4, -0.2) is 57.6 Å². The van der Waals surface area contributed by atoms with Crippen LogP contribution >= 0.6 is 0 Å². The summed E-state index contributed by atoms with van der Waals surface area (Å²) in [6, 6.07) is 24.2. The number of aromatic amines is 1. The largest absolute Gasteiger partial charge is 0.459 e. The van der Waals surface area contributed by atoms with E-state index < -0.39 is 60.3 Å². The SMILES string of the molecule is O=C(OC[C@H]1O[C@@H](n2ncc(=O)[nH]c2=O)[C@@H](OC(=O)c2ccccc2)C1OC(=O)c1ccccc1)c1ccccc1. The lowest BCUT2D eigenvalue weighted by Crippen LogP contribution is -2.43. The maximum Gasteiger partial charge on any atom is 0.347 e. The molecule has 1 aliphatic rings. The fraction of sp³-hybridized carbons (Fsp3) is 0.172. The molecule has 1 N–H and O–H groups in total. The summed E-state index contributed by atoms with van der Waals surface area (Å²) in [4.78, 5) is 65.3. The molecule has 4 atom stereocenters. The minimum absolute atomic E-state index is 0.181. The molecule has 1 unspecified atom stereocenters. The van der Waals surface area contributed by atoms with Crippen molar-refractivity contribution in [3.8, 4) is 0 Å². The zero-order valence-corrected chi connectivity index (χ0v) is 21.3. The van der Waals surface area contributed by atoms with E-state index in [0.29, 0.717) is 0 Å². The molecule has 0 bridgehead atoms. The molecule has 0 saturated carbocycles. The zero-order chi connectivity index (χ0) is 28.8. The lowest BCUT2D eigenvalue weighted by atomic mass is 10.1. The average molecular weight is 558 g/mol. The van der Waals surface area contributed by atoms with Gasteiger partial charge in [-0.2, -0.15) is 9.78 Å². The quantitative estimate of drug-likeness (QED) is 0.252. The Bertz CT molecular complexity index is 1640. The molecule has 0 radical (unpaired) electrons. The first-order valence-electron chi connectivity index (χ1n) is 12.5. The molecule has 1 aliphatic heterocycles. The van der Waals surface area contributed by atoms with Gasteiger partial charge < -0.3 is 18.9 Å². The third kappa shape index (κ3) is 6.28. The fourth-order valence-electron chi connectivity index (χ4n) is 4.20. The Labute approximate surface area is 232 Å².